The second kappa shape index (κ2) is 4.68. The fourth-order valence-corrected chi connectivity index (χ4v) is 2.85. The minimum absolute atomic E-state index is 0.111. The number of para-hydroxylation sites is 1. The number of thiophene rings is 1. The van der Waals surface area contributed by atoms with Gasteiger partial charge in [-0.1, -0.05) is 17.3 Å². The number of rotatable bonds is 2. The molecule has 0 aliphatic heterocycles. The first-order valence-corrected chi connectivity index (χ1v) is 7.15. The monoisotopic (exact) mass is 295 g/mol. The van der Waals surface area contributed by atoms with E-state index in [-0.39, 0.29) is 11.6 Å². The number of benzene rings is 1. The summed E-state index contributed by atoms with van der Waals surface area (Å²) in [4.78, 5) is 8.69. The Morgan fingerprint density at radius 2 is 2.05 bits per heavy atom. The van der Waals surface area contributed by atoms with Crippen molar-refractivity contribution < 1.29 is 9.63 Å². The Kier molecular flexibility index (Phi) is 2.68. The molecule has 0 radical (unpaired) electrons. The van der Waals surface area contributed by atoms with Crippen LogP contribution in [0, 0.1) is 0 Å². The number of hydrogen-bond acceptors (Lipinski definition) is 6. The van der Waals surface area contributed by atoms with Gasteiger partial charge in [-0.3, -0.25) is 4.98 Å². The standard InChI is InChI=1S/C15H9N3O2S/c19-12-4-2-1-3-10(12)15-17-14(18-20-15)9-7-13-11(16-8-9)5-6-21-13/h1-8,19H. The highest BCUT2D eigenvalue weighted by Gasteiger charge is 2.14. The van der Waals surface area contributed by atoms with Gasteiger partial charge in [0.2, 0.25) is 5.82 Å². The van der Waals surface area contributed by atoms with Crippen molar-refractivity contribution in [3.05, 3.63) is 48.0 Å². The zero-order valence-corrected chi connectivity index (χ0v) is 11.5. The second-order valence-electron chi connectivity index (χ2n) is 4.47. The molecule has 1 N–H and O–H groups in total. The summed E-state index contributed by atoms with van der Waals surface area (Å²) >= 11 is 1.61. The first kappa shape index (κ1) is 12.0. The van der Waals surface area contributed by atoms with Crippen LogP contribution in [0.15, 0.2) is 52.5 Å². The summed E-state index contributed by atoms with van der Waals surface area (Å²) in [5.74, 6) is 0.852. The van der Waals surface area contributed by atoms with E-state index in [1.807, 2.05) is 17.5 Å². The molecule has 3 heterocycles. The fraction of sp³-hybridized carbons (Fsp3) is 0. The first-order valence-electron chi connectivity index (χ1n) is 6.27. The van der Waals surface area contributed by atoms with E-state index in [1.54, 1.807) is 41.8 Å². The average Bonchev–Trinajstić information content (AvgIpc) is 3.16. The van der Waals surface area contributed by atoms with Crippen LogP contribution in [0.4, 0.5) is 0 Å². The molecule has 0 fully saturated rings. The van der Waals surface area contributed by atoms with Crippen LogP contribution in [0.3, 0.4) is 0 Å². The molecule has 0 amide bonds. The third kappa shape index (κ3) is 2.05. The first-order chi connectivity index (χ1) is 10.3. The second-order valence-corrected chi connectivity index (χ2v) is 5.42. The molecule has 4 rings (SSSR count). The summed E-state index contributed by atoms with van der Waals surface area (Å²) < 4.78 is 6.30. The molecule has 4 aromatic rings. The van der Waals surface area contributed by atoms with Crippen molar-refractivity contribution in [1.29, 1.82) is 0 Å². The van der Waals surface area contributed by atoms with Crippen molar-refractivity contribution in [2.24, 2.45) is 0 Å². The van der Waals surface area contributed by atoms with Crippen molar-refractivity contribution in [2.45, 2.75) is 0 Å². The Morgan fingerprint density at radius 1 is 1.14 bits per heavy atom. The van der Waals surface area contributed by atoms with Crippen LogP contribution in [0.1, 0.15) is 0 Å². The Balaban J connectivity index is 1.78. The van der Waals surface area contributed by atoms with Crippen LogP contribution in [0.25, 0.3) is 33.1 Å². The van der Waals surface area contributed by atoms with Gasteiger partial charge in [0.05, 0.1) is 15.8 Å². The van der Waals surface area contributed by atoms with E-state index in [1.165, 1.54) is 0 Å². The highest BCUT2D eigenvalue weighted by molar-refractivity contribution is 7.17. The van der Waals surface area contributed by atoms with Gasteiger partial charge in [0.1, 0.15) is 5.75 Å². The molecule has 6 heteroatoms. The number of fused-ring (bicyclic) bond motifs is 1. The molecule has 0 bridgehead atoms. The van der Waals surface area contributed by atoms with Gasteiger partial charge in [-0.05, 0) is 29.6 Å². The molecule has 0 unspecified atom stereocenters. The van der Waals surface area contributed by atoms with Crippen LogP contribution < -0.4 is 0 Å². The molecule has 21 heavy (non-hydrogen) atoms. The summed E-state index contributed by atoms with van der Waals surface area (Å²) in [6.07, 6.45) is 1.72. The van der Waals surface area contributed by atoms with E-state index in [0.717, 1.165) is 15.8 Å². The van der Waals surface area contributed by atoms with Gasteiger partial charge >= 0.3 is 0 Å². The number of nitrogens with zero attached hydrogens (tertiary/aromatic N) is 3. The predicted octanol–water partition coefficient (Wildman–Crippen LogP) is 3.72. The molecule has 3 aromatic heterocycles. The Labute approximate surface area is 123 Å². The lowest BCUT2D eigenvalue weighted by molar-refractivity contribution is 0.425. The maximum atomic E-state index is 9.82. The van der Waals surface area contributed by atoms with E-state index >= 15 is 0 Å². The topological polar surface area (TPSA) is 72.0 Å². The molecule has 102 valence electrons. The highest BCUT2D eigenvalue weighted by Crippen LogP contribution is 2.30. The zero-order chi connectivity index (χ0) is 14.2. The van der Waals surface area contributed by atoms with Crippen LogP contribution in [-0.2, 0) is 0 Å². The van der Waals surface area contributed by atoms with Crippen LogP contribution >= 0.6 is 11.3 Å². The van der Waals surface area contributed by atoms with Crippen molar-refractivity contribution in [3.8, 4) is 28.6 Å². The molecule has 0 saturated carbocycles. The quantitative estimate of drug-likeness (QED) is 0.610. The zero-order valence-electron chi connectivity index (χ0n) is 10.7. The number of hydrogen-bond donors (Lipinski definition) is 1. The Bertz CT molecular complexity index is 929. The summed E-state index contributed by atoms with van der Waals surface area (Å²) in [6, 6.07) is 10.8. The Morgan fingerprint density at radius 3 is 2.95 bits per heavy atom. The van der Waals surface area contributed by atoms with Gasteiger partial charge in [-0.25, -0.2) is 0 Å². The molecule has 1 aromatic carbocycles. The largest absolute Gasteiger partial charge is 0.507 e. The van der Waals surface area contributed by atoms with Crippen molar-refractivity contribution in [1.82, 2.24) is 15.1 Å². The van der Waals surface area contributed by atoms with Gasteiger partial charge in [0.25, 0.3) is 5.89 Å². The maximum Gasteiger partial charge on any atom is 0.261 e. The van der Waals surface area contributed by atoms with E-state index in [2.05, 4.69) is 15.1 Å². The van der Waals surface area contributed by atoms with E-state index in [0.29, 0.717) is 11.4 Å². The molecule has 5 nitrogen and oxygen atoms in total. The highest BCUT2D eigenvalue weighted by atomic mass is 32.1. The molecule has 0 atom stereocenters. The molecule has 0 aliphatic carbocycles. The SMILES string of the molecule is Oc1ccccc1-c1nc(-c2cnc3ccsc3c2)no1. The molecule has 0 spiro atoms. The van der Waals surface area contributed by atoms with Crippen LogP contribution in [0.5, 0.6) is 5.75 Å². The lowest BCUT2D eigenvalue weighted by atomic mass is 10.2. The number of aromatic nitrogens is 3. The lowest BCUT2D eigenvalue weighted by Crippen LogP contribution is -1.83. The molecular weight excluding hydrogens is 286 g/mol. The third-order valence-corrected chi connectivity index (χ3v) is 3.97. The lowest BCUT2D eigenvalue weighted by Gasteiger charge is -1.96. The van der Waals surface area contributed by atoms with Crippen LogP contribution in [0.2, 0.25) is 0 Å². The fourth-order valence-electron chi connectivity index (χ4n) is 2.07. The van der Waals surface area contributed by atoms with Gasteiger partial charge in [-0.15, -0.1) is 11.3 Å². The molecule has 0 saturated heterocycles. The molecule has 0 aliphatic rings. The maximum absolute atomic E-state index is 9.82. The predicted molar refractivity (Wildman–Crippen MR) is 80.0 cm³/mol. The van der Waals surface area contributed by atoms with Crippen LogP contribution in [-0.4, -0.2) is 20.2 Å². The van der Waals surface area contributed by atoms with Gasteiger partial charge < -0.3 is 9.63 Å². The van der Waals surface area contributed by atoms with Gasteiger partial charge in [-0.2, -0.15) is 4.98 Å². The molecular formula is C15H9N3O2S. The summed E-state index contributed by atoms with van der Waals surface area (Å²) in [7, 11) is 0. The minimum Gasteiger partial charge on any atom is -0.507 e. The number of phenols is 1. The summed E-state index contributed by atoms with van der Waals surface area (Å²) in [5, 5.41) is 15.8. The van der Waals surface area contributed by atoms with E-state index < -0.39 is 0 Å². The van der Waals surface area contributed by atoms with Gasteiger partial charge in [0, 0.05) is 11.8 Å². The summed E-state index contributed by atoms with van der Waals surface area (Å²) in [5.41, 5.74) is 2.25. The smallest absolute Gasteiger partial charge is 0.261 e. The Hall–Kier alpha value is -2.73. The van der Waals surface area contributed by atoms with Gasteiger partial charge in [0.15, 0.2) is 0 Å². The van der Waals surface area contributed by atoms with E-state index in [9.17, 15) is 5.11 Å². The van der Waals surface area contributed by atoms with E-state index in [4.69, 9.17) is 4.52 Å². The van der Waals surface area contributed by atoms with Crippen molar-refractivity contribution >= 4 is 21.6 Å². The third-order valence-electron chi connectivity index (χ3n) is 3.12. The summed E-state index contributed by atoms with van der Waals surface area (Å²) in [6.45, 7) is 0. The van der Waals surface area contributed by atoms with Crippen molar-refractivity contribution in [2.75, 3.05) is 0 Å². The number of phenolic OH excluding ortho intramolecular Hbond substituents is 1. The normalized spacial score (nSPS) is 11.0. The average molecular weight is 295 g/mol. The number of aromatic hydroxyl groups is 1. The minimum atomic E-state index is 0.111. The van der Waals surface area contributed by atoms with Crippen molar-refractivity contribution in [3.63, 3.8) is 0 Å². The number of pyridine rings is 1.